The fourth-order valence-electron chi connectivity index (χ4n) is 2.73. The van der Waals surface area contributed by atoms with E-state index in [0.29, 0.717) is 18.5 Å². The van der Waals surface area contributed by atoms with Gasteiger partial charge >= 0.3 is 18.2 Å². The van der Waals surface area contributed by atoms with E-state index in [1.807, 2.05) is 6.92 Å². The third-order valence-electron chi connectivity index (χ3n) is 3.76. The molecule has 1 atom stereocenters. The second kappa shape index (κ2) is 7.80. The molecule has 1 aromatic rings. The molecule has 5 nitrogen and oxygen atoms in total. The molecule has 2 rings (SSSR count). The van der Waals surface area contributed by atoms with Crippen molar-refractivity contribution in [3.8, 4) is 0 Å². The van der Waals surface area contributed by atoms with Gasteiger partial charge in [0.15, 0.2) is 0 Å². The van der Waals surface area contributed by atoms with Gasteiger partial charge in [-0.05, 0) is 38.0 Å². The summed E-state index contributed by atoms with van der Waals surface area (Å²) in [6.45, 7) is 5.21. The summed E-state index contributed by atoms with van der Waals surface area (Å²) in [7, 11) is 0. The summed E-state index contributed by atoms with van der Waals surface area (Å²) < 4.78 is 44.3. The number of allylic oxidation sites excluding steroid dienone is 1. The average molecular weight is 370 g/mol. The van der Waals surface area contributed by atoms with Crippen LogP contribution in [-0.4, -0.2) is 18.1 Å². The van der Waals surface area contributed by atoms with Gasteiger partial charge in [-0.3, -0.25) is 0 Å². The molecule has 2 N–H and O–H groups in total. The van der Waals surface area contributed by atoms with Crippen molar-refractivity contribution in [3.63, 3.8) is 0 Å². The zero-order valence-electron chi connectivity index (χ0n) is 14.7. The maximum absolute atomic E-state index is 13.0. The molecule has 0 spiro atoms. The minimum Gasteiger partial charge on any atom is -0.459 e. The predicted octanol–water partition coefficient (Wildman–Crippen LogP) is 4.07. The topological polar surface area (TPSA) is 67.4 Å². The summed E-state index contributed by atoms with van der Waals surface area (Å²) in [6, 6.07) is 2.97. The highest BCUT2D eigenvalue weighted by Gasteiger charge is 2.36. The molecule has 0 radical (unpaired) electrons. The Hall–Kier alpha value is -2.51. The number of urea groups is 1. The maximum atomic E-state index is 13.0. The number of hydrogen-bond acceptors (Lipinski definition) is 3. The number of nitrogens with one attached hydrogen (secondary N) is 2. The summed E-state index contributed by atoms with van der Waals surface area (Å²) in [5.41, 5.74) is -0.195. The van der Waals surface area contributed by atoms with Gasteiger partial charge in [0.25, 0.3) is 0 Å². The van der Waals surface area contributed by atoms with Crippen molar-refractivity contribution in [2.45, 2.75) is 51.9 Å². The molecular formula is C18H21F3N2O3. The van der Waals surface area contributed by atoms with Crippen molar-refractivity contribution in [1.82, 2.24) is 10.6 Å². The van der Waals surface area contributed by atoms with Gasteiger partial charge < -0.3 is 15.4 Å². The second-order valence-corrected chi connectivity index (χ2v) is 6.25. The first-order valence-electron chi connectivity index (χ1n) is 8.32. The molecule has 0 bridgehead atoms. The molecule has 0 aromatic heterocycles. The van der Waals surface area contributed by atoms with Crippen LogP contribution in [0.15, 0.2) is 35.5 Å². The number of amides is 2. The normalized spacial score (nSPS) is 17.8. The van der Waals surface area contributed by atoms with E-state index in [-0.39, 0.29) is 11.1 Å². The largest absolute Gasteiger partial charge is 0.459 e. The standard InChI is InChI=1S/C18H21F3N2O3/c1-4-6-13-14(16(24)26-10(2)3)15(23-17(25)22-13)11-7-5-8-12(9-11)18(19,20)21/h5,7-10,15H,4,6H2,1-3H3,(H2,22,23,25). The molecule has 1 unspecified atom stereocenters. The van der Waals surface area contributed by atoms with Crippen LogP contribution in [-0.2, 0) is 15.7 Å². The summed E-state index contributed by atoms with van der Waals surface area (Å²) in [5, 5.41) is 5.10. The van der Waals surface area contributed by atoms with E-state index in [2.05, 4.69) is 10.6 Å². The van der Waals surface area contributed by atoms with E-state index in [9.17, 15) is 22.8 Å². The van der Waals surface area contributed by atoms with Crippen molar-refractivity contribution in [1.29, 1.82) is 0 Å². The summed E-state index contributed by atoms with van der Waals surface area (Å²) in [5.74, 6) is -0.668. The number of ether oxygens (including phenoxy) is 1. The van der Waals surface area contributed by atoms with Gasteiger partial charge in [-0.15, -0.1) is 0 Å². The van der Waals surface area contributed by atoms with Crippen LogP contribution in [0.3, 0.4) is 0 Å². The number of carbonyl (C=O) groups excluding carboxylic acids is 2. The minimum atomic E-state index is -4.53. The number of carbonyl (C=O) groups is 2. The van der Waals surface area contributed by atoms with E-state index in [4.69, 9.17) is 4.74 Å². The highest BCUT2D eigenvalue weighted by Crippen LogP contribution is 2.34. The van der Waals surface area contributed by atoms with Gasteiger partial charge in [0.2, 0.25) is 0 Å². The van der Waals surface area contributed by atoms with E-state index in [0.717, 1.165) is 12.1 Å². The summed E-state index contributed by atoms with van der Waals surface area (Å²) in [6.07, 6.45) is -3.89. The van der Waals surface area contributed by atoms with E-state index < -0.39 is 35.9 Å². The number of hydrogen-bond donors (Lipinski definition) is 2. The van der Waals surface area contributed by atoms with Crippen molar-refractivity contribution in [2.24, 2.45) is 0 Å². The zero-order chi connectivity index (χ0) is 19.5. The Kier molecular flexibility index (Phi) is 5.94. The third kappa shape index (κ3) is 4.56. The van der Waals surface area contributed by atoms with Crippen molar-refractivity contribution in [3.05, 3.63) is 46.7 Å². The van der Waals surface area contributed by atoms with Crippen LogP contribution < -0.4 is 10.6 Å². The monoisotopic (exact) mass is 370 g/mol. The number of benzene rings is 1. The molecule has 8 heteroatoms. The lowest BCUT2D eigenvalue weighted by Crippen LogP contribution is -2.46. The van der Waals surface area contributed by atoms with Gasteiger partial charge in [-0.2, -0.15) is 13.2 Å². The smallest absolute Gasteiger partial charge is 0.416 e. The Balaban J connectivity index is 2.54. The number of rotatable bonds is 5. The highest BCUT2D eigenvalue weighted by atomic mass is 19.4. The molecule has 142 valence electrons. The molecule has 1 aliphatic rings. The first-order valence-corrected chi connectivity index (χ1v) is 8.32. The van der Waals surface area contributed by atoms with E-state index >= 15 is 0 Å². The van der Waals surface area contributed by atoms with Crippen LogP contribution in [0.5, 0.6) is 0 Å². The van der Waals surface area contributed by atoms with Crippen LogP contribution in [0.25, 0.3) is 0 Å². The molecule has 0 saturated heterocycles. The second-order valence-electron chi connectivity index (χ2n) is 6.25. The Morgan fingerprint density at radius 1 is 1.31 bits per heavy atom. The number of halogens is 3. The molecule has 2 amide bonds. The van der Waals surface area contributed by atoms with Crippen LogP contribution in [0.1, 0.15) is 50.8 Å². The molecule has 0 aliphatic carbocycles. The van der Waals surface area contributed by atoms with Gasteiger partial charge in [0.1, 0.15) is 0 Å². The molecule has 1 heterocycles. The van der Waals surface area contributed by atoms with Crippen molar-refractivity contribution < 1.29 is 27.5 Å². The maximum Gasteiger partial charge on any atom is 0.416 e. The Morgan fingerprint density at radius 2 is 2.00 bits per heavy atom. The van der Waals surface area contributed by atoms with Gasteiger partial charge in [0.05, 0.1) is 23.3 Å². The van der Waals surface area contributed by atoms with Crippen LogP contribution >= 0.6 is 0 Å². The molecule has 1 aromatic carbocycles. The Morgan fingerprint density at radius 3 is 2.58 bits per heavy atom. The summed E-state index contributed by atoms with van der Waals surface area (Å²) in [4.78, 5) is 24.5. The molecule has 26 heavy (non-hydrogen) atoms. The lowest BCUT2D eigenvalue weighted by atomic mass is 9.92. The van der Waals surface area contributed by atoms with Gasteiger partial charge in [0, 0.05) is 5.70 Å². The fraction of sp³-hybridized carbons (Fsp3) is 0.444. The van der Waals surface area contributed by atoms with E-state index in [1.54, 1.807) is 13.8 Å². The van der Waals surface area contributed by atoms with Crippen LogP contribution in [0.2, 0.25) is 0 Å². The fourth-order valence-corrected chi connectivity index (χ4v) is 2.73. The van der Waals surface area contributed by atoms with E-state index in [1.165, 1.54) is 12.1 Å². The van der Waals surface area contributed by atoms with Crippen LogP contribution in [0, 0.1) is 0 Å². The molecule has 1 aliphatic heterocycles. The quantitative estimate of drug-likeness (QED) is 0.768. The Bertz CT molecular complexity index is 727. The zero-order valence-corrected chi connectivity index (χ0v) is 14.7. The third-order valence-corrected chi connectivity index (χ3v) is 3.76. The first-order chi connectivity index (χ1) is 12.1. The SMILES string of the molecule is CCCC1=C(C(=O)OC(C)C)C(c2cccc(C(F)(F)F)c2)NC(=O)N1. The van der Waals surface area contributed by atoms with Crippen LogP contribution in [0.4, 0.5) is 18.0 Å². The lowest BCUT2D eigenvalue weighted by Gasteiger charge is -2.30. The summed E-state index contributed by atoms with van der Waals surface area (Å²) >= 11 is 0. The van der Waals surface area contributed by atoms with Gasteiger partial charge in [-0.25, -0.2) is 9.59 Å². The highest BCUT2D eigenvalue weighted by molar-refractivity contribution is 5.95. The Labute approximate surface area is 149 Å². The average Bonchev–Trinajstić information content (AvgIpc) is 2.53. The molecule has 0 saturated carbocycles. The van der Waals surface area contributed by atoms with Crippen molar-refractivity contribution >= 4 is 12.0 Å². The van der Waals surface area contributed by atoms with Crippen molar-refractivity contribution in [2.75, 3.05) is 0 Å². The van der Waals surface area contributed by atoms with Gasteiger partial charge in [-0.1, -0.05) is 25.5 Å². The minimum absolute atomic E-state index is 0.125. The number of esters is 1. The first kappa shape index (κ1) is 19.8. The predicted molar refractivity (Wildman–Crippen MR) is 89.0 cm³/mol. The lowest BCUT2D eigenvalue weighted by molar-refractivity contribution is -0.143. The number of alkyl halides is 3. The molecular weight excluding hydrogens is 349 g/mol. The molecule has 0 fully saturated rings.